The molecule has 0 radical (unpaired) electrons. The average molecular weight is 620 g/mol. The third kappa shape index (κ3) is 6.73. The van der Waals surface area contributed by atoms with E-state index < -0.39 is 28.2 Å². The Bertz CT molecular complexity index is 1870. The monoisotopic (exact) mass is 619 g/mol. The van der Waals surface area contributed by atoms with Gasteiger partial charge in [0.05, 0.1) is 0 Å². The molecule has 9 heteroatoms. The summed E-state index contributed by atoms with van der Waals surface area (Å²) in [6.45, 7) is 0.0643. The number of benzene rings is 5. The van der Waals surface area contributed by atoms with Crippen LogP contribution in [-0.2, 0) is 31.0 Å². The molecule has 0 aliphatic heterocycles. The molecule has 226 valence electrons. The van der Waals surface area contributed by atoms with Gasteiger partial charge in [0.1, 0.15) is 23.9 Å². The smallest absolute Gasteiger partial charge is 0.408 e. The van der Waals surface area contributed by atoms with Gasteiger partial charge in [-0.05, 0) is 57.6 Å². The van der Waals surface area contributed by atoms with Crippen molar-refractivity contribution in [2.45, 2.75) is 23.5 Å². The molecule has 0 saturated heterocycles. The lowest BCUT2D eigenvalue weighted by Crippen LogP contribution is -2.36. The molecule has 1 N–H and O–H groups in total. The minimum Gasteiger partial charge on any atom is -0.459 e. The third-order valence-corrected chi connectivity index (χ3v) is 8.78. The molecule has 0 fully saturated rings. The Morgan fingerprint density at radius 1 is 0.667 bits per heavy atom. The topological polar surface area (TPSA) is 108 Å². The van der Waals surface area contributed by atoms with E-state index in [4.69, 9.17) is 13.7 Å². The maximum absolute atomic E-state index is 13.3. The number of hydrogen-bond acceptors (Lipinski definition) is 7. The number of amides is 1. The minimum atomic E-state index is -4.06. The lowest BCUT2D eigenvalue weighted by Gasteiger charge is -2.20. The highest BCUT2D eigenvalue weighted by Crippen LogP contribution is 2.44. The number of carbonyl (C=O) groups is 2. The molecule has 0 saturated carbocycles. The number of carbonyl (C=O) groups excluding carboxylic acids is 2. The number of fused-ring (bicyclic) bond motifs is 3. The highest BCUT2D eigenvalue weighted by Gasteiger charge is 2.30. The standard InChI is InChI=1S/C36H29NO7S/c38-35(42-23-25-11-3-1-4-12-25)34(26-19-21-27(22-20-26)44-45(40,41)28-13-5-2-6-14-28)37-36(39)43-24-33-31-17-9-7-15-29(31)30-16-8-10-18-32(30)33/h1-22,33-34H,23-24H2,(H,37,39). The summed E-state index contributed by atoms with van der Waals surface area (Å²) >= 11 is 0. The van der Waals surface area contributed by atoms with Crippen LogP contribution < -0.4 is 9.50 Å². The van der Waals surface area contributed by atoms with Crippen LogP contribution in [0.15, 0.2) is 138 Å². The second-order valence-corrected chi connectivity index (χ2v) is 12.0. The summed E-state index contributed by atoms with van der Waals surface area (Å²) in [6.07, 6.45) is -0.800. The van der Waals surface area contributed by atoms with E-state index in [-0.39, 0.29) is 29.8 Å². The van der Waals surface area contributed by atoms with Gasteiger partial charge in [0.25, 0.3) is 0 Å². The number of hydrogen-bond donors (Lipinski definition) is 1. The van der Waals surface area contributed by atoms with Crippen molar-refractivity contribution in [1.29, 1.82) is 0 Å². The zero-order valence-electron chi connectivity index (χ0n) is 24.0. The van der Waals surface area contributed by atoms with Gasteiger partial charge in [-0.2, -0.15) is 8.42 Å². The molecule has 5 aromatic rings. The van der Waals surface area contributed by atoms with E-state index in [9.17, 15) is 18.0 Å². The van der Waals surface area contributed by atoms with Gasteiger partial charge in [0.2, 0.25) is 0 Å². The van der Waals surface area contributed by atoms with Crippen molar-refractivity contribution in [2.24, 2.45) is 0 Å². The molecule has 1 amide bonds. The van der Waals surface area contributed by atoms with Crippen LogP contribution in [0.5, 0.6) is 5.75 Å². The van der Waals surface area contributed by atoms with Gasteiger partial charge < -0.3 is 19.0 Å². The van der Waals surface area contributed by atoms with Crippen molar-refractivity contribution in [1.82, 2.24) is 5.32 Å². The fourth-order valence-corrected chi connectivity index (χ4v) is 6.28. The molecule has 0 spiro atoms. The first kappa shape index (κ1) is 29.7. The van der Waals surface area contributed by atoms with Gasteiger partial charge in [-0.25, -0.2) is 9.59 Å². The Balaban J connectivity index is 1.18. The molecule has 0 heterocycles. The van der Waals surface area contributed by atoms with Crippen LogP contribution in [-0.4, -0.2) is 27.1 Å². The van der Waals surface area contributed by atoms with Crippen LogP contribution in [0.2, 0.25) is 0 Å². The molecule has 5 aromatic carbocycles. The van der Waals surface area contributed by atoms with E-state index in [0.717, 1.165) is 27.8 Å². The first-order valence-corrected chi connectivity index (χ1v) is 15.7. The SMILES string of the molecule is O=C(NC(C(=O)OCc1ccccc1)c1ccc(OS(=O)(=O)c2ccccc2)cc1)OCC1c2ccccc2-c2ccccc21. The summed E-state index contributed by atoms with van der Waals surface area (Å²) in [5.41, 5.74) is 5.45. The largest absolute Gasteiger partial charge is 0.459 e. The minimum absolute atomic E-state index is 0.000935. The molecule has 1 atom stereocenters. The molecular weight excluding hydrogens is 590 g/mol. The summed E-state index contributed by atoms with van der Waals surface area (Å²) in [4.78, 5) is 26.5. The average Bonchev–Trinajstić information content (AvgIpc) is 3.40. The van der Waals surface area contributed by atoms with Crippen molar-refractivity contribution in [2.75, 3.05) is 6.61 Å². The normalized spacial score (nSPS) is 12.8. The molecule has 1 aliphatic rings. The fourth-order valence-electron chi connectivity index (χ4n) is 5.33. The first-order chi connectivity index (χ1) is 21.9. The van der Waals surface area contributed by atoms with Crippen LogP contribution in [0.25, 0.3) is 11.1 Å². The van der Waals surface area contributed by atoms with E-state index in [2.05, 4.69) is 5.32 Å². The van der Waals surface area contributed by atoms with Crippen LogP contribution >= 0.6 is 0 Å². The van der Waals surface area contributed by atoms with E-state index in [1.807, 2.05) is 78.9 Å². The number of esters is 1. The lowest BCUT2D eigenvalue weighted by molar-refractivity contribution is -0.147. The van der Waals surface area contributed by atoms with Gasteiger partial charge in [0.15, 0.2) is 6.04 Å². The van der Waals surface area contributed by atoms with Gasteiger partial charge in [0, 0.05) is 5.92 Å². The predicted molar refractivity (Wildman–Crippen MR) is 168 cm³/mol. The van der Waals surface area contributed by atoms with Crippen molar-refractivity contribution in [3.05, 3.63) is 156 Å². The summed E-state index contributed by atoms with van der Waals surface area (Å²) in [6, 6.07) is 37.5. The zero-order chi connectivity index (χ0) is 31.2. The number of alkyl carbamates (subject to hydrolysis) is 1. The van der Waals surface area contributed by atoms with Crippen molar-refractivity contribution < 1.29 is 31.7 Å². The Morgan fingerprint density at radius 3 is 1.84 bits per heavy atom. The third-order valence-electron chi connectivity index (χ3n) is 7.52. The Morgan fingerprint density at radius 2 is 1.22 bits per heavy atom. The molecule has 6 rings (SSSR count). The van der Waals surface area contributed by atoms with Gasteiger partial charge in [-0.1, -0.05) is 109 Å². The summed E-state index contributed by atoms with van der Waals surface area (Å²) in [7, 11) is -4.06. The first-order valence-electron chi connectivity index (χ1n) is 14.3. The van der Waals surface area contributed by atoms with Crippen molar-refractivity contribution >= 4 is 22.2 Å². The van der Waals surface area contributed by atoms with Crippen LogP contribution in [0, 0.1) is 0 Å². The number of nitrogens with one attached hydrogen (secondary N) is 1. The van der Waals surface area contributed by atoms with Gasteiger partial charge >= 0.3 is 22.2 Å². The Labute approximate surface area is 261 Å². The Hall–Kier alpha value is -5.41. The Kier molecular flexibility index (Phi) is 8.61. The van der Waals surface area contributed by atoms with E-state index >= 15 is 0 Å². The van der Waals surface area contributed by atoms with E-state index in [1.54, 1.807) is 18.2 Å². The highest BCUT2D eigenvalue weighted by atomic mass is 32.2. The molecular formula is C36H29NO7S. The number of rotatable bonds is 10. The van der Waals surface area contributed by atoms with E-state index in [1.165, 1.54) is 36.4 Å². The zero-order valence-corrected chi connectivity index (χ0v) is 24.9. The fraction of sp³-hybridized carbons (Fsp3) is 0.111. The summed E-state index contributed by atoms with van der Waals surface area (Å²) < 4.78 is 41.8. The number of ether oxygens (including phenoxy) is 2. The van der Waals surface area contributed by atoms with Crippen molar-refractivity contribution in [3.8, 4) is 16.9 Å². The molecule has 0 bridgehead atoms. The van der Waals surface area contributed by atoms with E-state index in [0.29, 0.717) is 5.56 Å². The second kappa shape index (κ2) is 13.1. The molecule has 8 nitrogen and oxygen atoms in total. The molecule has 0 aromatic heterocycles. The summed E-state index contributed by atoms with van der Waals surface area (Å²) in [5, 5.41) is 2.64. The maximum atomic E-state index is 13.3. The lowest BCUT2D eigenvalue weighted by atomic mass is 9.98. The summed E-state index contributed by atoms with van der Waals surface area (Å²) in [5.74, 6) is -0.826. The molecule has 45 heavy (non-hydrogen) atoms. The van der Waals surface area contributed by atoms with Gasteiger partial charge in [-0.3, -0.25) is 0 Å². The predicted octanol–water partition coefficient (Wildman–Crippen LogP) is 6.78. The molecule has 1 unspecified atom stereocenters. The van der Waals surface area contributed by atoms with Crippen molar-refractivity contribution in [3.63, 3.8) is 0 Å². The van der Waals surface area contributed by atoms with Crippen LogP contribution in [0.1, 0.15) is 34.2 Å². The quantitative estimate of drug-likeness (QED) is 0.136. The van der Waals surface area contributed by atoms with Crippen LogP contribution in [0.3, 0.4) is 0 Å². The highest BCUT2D eigenvalue weighted by molar-refractivity contribution is 7.87. The molecule has 1 aliphatic carbocycles. The van der Waals surface area contributed by atoms with Gasteiger partial charge in [-0.15, -0.1) is 0 Å². The second-order valence-electron chi connectivity index (χ2n) is 10.4. The maximum Gasteiger partial charge on any atom is 0.408 e. The van der Waals surface area contributed by atoms with Crippen LogP contribution in [0.4, 0.5) is 4.79 Å².